The van der Waals surface area contributed by atoms with E-state index in [9.17, 15) is 4.79 Å². The minimum absolute atomic E-state index is 0.119. The number of nitrogens with zero attached hydrogens (tertiary/aromatic N) is 4. The van der Waals surface area contributed by atoms with Crippen LogP contribution in [0.3, 0.4) is 0 Å². The van der Waals surface area contributed by atoms with Crippen LogP contribution in [0.4, 0.5) is 5.69 Å². The van der Waals surface area contributed by atoms with E-state index >= 15 is 0 Å². The summed E-state index contributed by atoms with van der Waals surface area (Å²) in [6, 6.07) is 14.9. The van der Waals surface area contributed by atoms with Crippen LogP contribution in [0.5, 0.6) is 17.6 Å². The van der Waals surface area contributed by atoms with Gasteiger partial charge in [0.25, 0.3) is 0 Å². The van der Waals surface area contributed by atoms with Gasteiger partial charge in [-0.25, -0.2) is 0 Å². The van der Waals surface area contributed by atoms with Crippen molar-refractivity contribution in [1.82, 2.24) is 15.2 Å². The van der Waals surface area contributed by atoms with Crippen molar-refractivity contribution >= 4 is 11.6 Å². The Kier molecular flexibility index (Phi) is 4.99. The second-order valence-corrected chi connectivity index (χ2v) is 6.33. The van der Waals surface area contributed by atoms with Crippen LogP contribution in [0.15, 0.2) is 48.5 Å². The molecule has 2 aromatic carbocycles. The van der Waals surface area contributed by atoms with Crippen molar-refractivity contribution in [1.29, 1.82) is 0 Å². The van der Waals surface area contributed by atoms with Gasteiger partial charge in [-0.15, -0.1) is 5.10 Å². The SMILES string of the molecule is CCOc1nnc2c(n1)OC(c1ccc(OC)cc1)N(C(C)=O)c1ccccc1-2. The zero-order valence-corrected chi connectivity index (χ0v) is 16.3. The van der Waals surface area contributed by atoms with Gasteiger partial charge in [0.05, 0.1) is 19.4 Å². The zero-order chi connectivity index (χ0) is 20.4. The molecule has 4 rings (SSSR count). The Balaban J connectivity index is 1.91. The topological polar surface area (TPSA) is 86.7 Å². The van der Waals surface area contributed by atoms with Gasteiger partial charge in [-0.05, 0) is 37.3 Å². The van der Waals surface area contributed by atoms with E-state index in [2.05, 4.69) is 15.2 Å². The lowest BCUT2D eigenvalue weighted by atomic mass is 10.1. The molecular weight excluding hydrogens is 372 g/mol. The Bertz CT molecular complexity index is 1040. The molecule has 1 unspecified atom stereocenters. The van der Waals surface area contributed by atoms with Crippen molar-refractivity contribution < 1.29 is 19.0 Å². The summed E-state index contributed by atoms with van der Waals surface area (Å²) in [4.78, 5) is 18.7. The summed E-state index contributed by atoms with van der Waals surface area (Å²) in [7, 11) is 1.60. The fraction of sp³-hybridized carbons (Fsp3) is 0.238. The fourth-order valence-corrected chi connectivity index (χ4v) is 3.23. The fourth-order valence-electron chi connectivity index (χ4n) is 3.23. The molecule has 1 aliphatic heterocycles. The predicted octanol–water partition coefficient (Wildman–Crippen LogP) is 3.39. The first kappa shape index (κ1) is 18.7. The number of fused-ring (bicyclic) bond motifs is 3. The van der Waals surface area contributed by atoms with E-state index in [1.165, 1.54) is 6.92 Å². The number of hydrogen-bond donors (Lipinski definition) is 0. The number of carbonyl (C=O) groups is 1. The van der Waals surface area contributed by atoms with Crippen molar-refractivity contribution in [2.45, 2.75) is 20.1 Å². The minimum atomic E-state index is -0.744. The van der Waals surface area contributed by atoms with Crippen molar-refractivity contribution in [2.75, 3.05) is 18.6 Å². The molecule has 0 aliphatic carbocycles. The molecule has 2 heterocycles. The number of anilines is 1. The minimum Gasteiger partial charge on any atom is -0.497 e. The van der Waals surface area contributed by atoms with E-state index in [4.69, 9.17) is 14.2 Å². The second-order valence-electron chi connectivity index (χ2n) is 6.33. The number of hydrogen-bond acceptors (Lipinski definition) is 7. The van der Waals surface area contributed by atoms with Crippen LogP contribution in [0.2, 0.25) is 0 Å². The van der Waals surface area contributed by atoms with Crippen LogP contribution >= 0.6 is 0 Å². The molecular formula is C21H20N4O4. The monoisotopic (exact) mass is 392 g/mol. The summed E-state index contributed by atoms with van der Waals surface area (Å²) in [5.74, 6) is 0.782. The highest BCUT2D eigenvalue weighted by Gasteiger charge is 2.34. The van der Waals surface area contributed by atoms with Crippen LogP contribution in [0.1, 0.15) is 25.6 Å². The summed E-state index contributed by atoms with van der Waals surface area (Å²) in [6.45, 7) is 3.73. The lowest BCUT2D eigenvalue weighted by Gasteiger charge is -2.29. The molecule has 8 nitrogen and oxygen atoms in total. The number of methoxy groups -OCH3 is 1. The van der Waals surface area contributed by atoms with Crippen molar-refractivity contribution in [3.05, 3.63) is 54.1 Å². The lowest BCUT2D eigenvalue weighted by Crippen LogP contribution is -2.36. The Morgan fingerprint density at radius 3 is 2.59 bits per heavy atom. The molecule has 0 saturated heterocycles. The molecule has 8 heteroatoms. The van der Waals surface area contributed by atoms with Gasteiger partial charge in [0.2, 0.25) is 18.0 Å². The zero-order valence-electron chi connectivity index (χ0n) is 16.3. The molecule has 0 bridgehead atoms. The highest BCUT2D eigenvalue weighted by atomic mass is 16.5. The van der Waals surface area contributed by atoms with E-state index in [1.807, 2.05) is 55.5 Å². The van der Waals surface area contributed by atoms with Crippen LogP contribution in [-0.2, 0) is 4.79 Å². The van der Waals surface area contributed by atoms with Gasteiger partial charge < -0.3 is 14.2 Å². The predicted molar refractivity (Wildman–Crippen MR) is 106 cm³/mol. The number of ether oxygens (including phenoxy) is 3. The molecule has 0 radical (unpaired) electrons. The van der Waals surface area contributed by atoms with E-state index in [1.54, 1.807) is 12.0 Å². The van der Waals surface area contributed by atoms with Crippen molar-refractivity contribution in [2.24, 2.45) is 0 Å². The summed E-state index contributed by atoms with van der Waals surface area (Å²) in [6.07, 6.45) is -0.744. The van der Waals surface area contributed by atoms with Crippen molar-refractivity contribution in [3.8, 4) is 28.9 Å². The molecule has 0 saturated carbocycles. The number of para-hydroxylation sites is 1. The molecule has 0 N–H and O–H groups in total. The standard InChI is InChI=1S/C21H20N4O4/c1-4-28-21-22-19-18(23-24-21)16-7-5-6-8-17(16)25(13(2)26)20(29-19)14-9-11-15(27-3)12-10-14/h5-12,20H,4H2,1-3H3. The van der Waals surface area contributed by atoms with Gasteiger partial charge >= 0.3 is 6.01 Å². The number of rotatable bonds is 4. The van der Waals surface area contributed by atoms with E-state index < -0.39 is 6.23 Å². The lowest BCUT2D eigenvalue weighted by molar-refractivity contribution is -0.118. The molecule has 1 aromatic heterocycles. The van der Waals surface area contributed by atoms with Crippen LogP contribution in [0.25, 0.3) is 11.3 Å². The largest absolute Gasteiger partial charge is 0.497 e. The normalized spacial score (nSPS) is 14.9. The summed E-state index contributed by atoms with van der Waals surface area (Å²) < 4.78 is 16.9. The third-order valence-corrected chi connectivity index (χ3v) is 4.53. The highest BCUT2D eigenvalue weighted by molar-refractivity contribution is 5.97. The van der Waals surface area contributed by atoms with Gasteiger partial charge in [-0.3, -0.25) is 9.69 Å². The quantitative estimate of drug-likeness (QED) is 0.673. The van der Waals surface area contributed by atoms with E-state index in [0.29, 0.717) is 29.3 Å². The Morgan fingerprint density at radius 1 is 1.14 bits per heavy atom. The van der Waals surface area contributed by atoms with E-state index in [-0.39, 0.29) is 17.8 Å². The maximum absolute atomic E-state index is 12.7. The Labute approximate surface area is 168 Å². The second kappa shape index (κ2) is 7.75. The summed E-state index contributed by atoms with van der Waals surface area (Å²) in [5.41, 5.74) is 2.59. The maximum Gasteiger partial charge on any atom is 0.339 e. The van der Waals surface area contributed by atoms with Crippen LogP contribution in [-0.4, -0.2) is 34.8 Å². The number of benzene rings is 2. The number of carbonyl (C=O) groups excluding carboxylic acids is 1. The van der Waals surface area contributed by atoms with E-state index in [0.717, 1.165) is 5.56 Å². The molecule has 1 amide bonds. The number of aromatic nitrogens is 3. The van der Waals surface area contributed by atoms with Gasteiger partial charge in [0.1, 0.15) is 5.75 Å². The average Bonchev–Trinajstić information content (AvgIpc) is 2.88. The molecule has 0 fully saturated rings. The first-order chi connectivity index (χ1) is 14.1. The smallest absolute Gasteiger partial charge is 0.339 e. The summed E-state index contributed by atoms with van der Waals surface area (Å²) >= 11 is 0. The van der Waals surface area contributed by atoms with Gasteiger partial charge in [-0.1, -0.05) is 23.3 Å². The molecule has 29 heavy (non-hydrogen) atoms. The maximum atomic E-state index is 12.7. The number of amides is 1. The van der Waals surface area contributed by atoms with Crippen LogP contribution in [0, 0.1) is 0 Å². The summed E-state index contributed by atoms with van der Waals surface area (Å²) in [5, 5.41) is 8.30. The first-order valence-electron chi connectivity index (χ1n) is 9.19. The molecule has 1 aliphatic rings. The molecule has 0 spiro atoms. The molecule has 148 valence electrons. The van der Waals surface area contributed by atoms with Gasteiger partial charge in [0.15, 0.2) is 5.69 Å². The molecule has 3 aromatic rings. The third kappa shape index (κ3) is 3.44. The third-order valence-electron chi connectivity index (χ3n) is 4.53. The highest BCUT2D eigenvalue weighted by Crippen LogP contribution is 2.43. The molecule has 1 atom stereocenters. The van der Waals surface area contributed by atoms with Gasteiger partial charge in [-0.2, -0.15) is 4.98 Å². The Hall–Kier alpha value is -3.68. The Morgan fingerprint density at radius 2 is 1.90 bits per heavy atom. The average molecular weight is 392 g/mol. The van der Waals surface area contributed by atoms with Gasteiger partial charge in [0, 0.05) is 18.1 Å². The van der Waals surface area contributed by atoms with Crippen LogP contribution < -0.4 is 19.1 Å². The van der Waals surface area contributed by atoms with Crippen molar-refractivity contribution in [3.63, 3.8) is 0 Å². The first-order valence-corrected chi connectivity index (χ1v) is 9.19.